The second-order valence-electron chi connectivity index (χ2n) is 2.70. The molecule has 0 aromatic rings. The van der Waals surface area contributed by atoms with E-state index < -0.39 is 0 Å². The largest absolute Gasteiger partial charge is 0.176 e. The van der Waals surface area contributed by atoms with Gasteiger partial charge in [0.2, 0.25) is 0 Å². The van der Waals surface area contributed by atoms with Gasteiger partial charge in [0.05, 0.1) is 0 Å². The summed E-state index contributed by atoms with van der Waals surface area (Å²) in [5.41, 5.74) is 0. The molecule has 0 rings (SSSR count). The molecule has 0 unspecified atom stereocenters. The number of unbranched alkanes of at least 4 members (excludes halogenated alkanes) is 3. The SMILES string of the molecule is CCCCCC[C@H](C)S. The number of rotatable bonds is 5. The standard InChI is InChI=1S/C8H18S/c1-3-4-5-6-7-8(2)9/h8-9H,3-7H2,1-2H3/t8-/m0/s1. The summed E-state index contributed by atoms with van der Waals surface area (Å²) in [6.07, 6.45) is 6.75. The van der Waals surface area contributed by atoms with E-state index in [1.54, 1.807) is 0 Å². The van der Waals surface area contributed by atoms with Crippen molar-refractivity contribution in [2.75, 3.05) is 0 Å². The van der Waals surface area contributed by atoms with Crippen molar-refractivity contribution < 1.29 is 0 Å². The first-order valence-electron chi connectivity index (χ1n) is 3.95. The molecular weight excluding hydrogens is 128 g/mol. The highest BCUT2D eigenvalue weighted by molar-refractivity contribution is 7.80. The Kier molecular flexibility index (Phi) is 6.72. The minimum Gasteiger partial charge on any atom is -0.176 e. The summed E-state index contributed by atoms with van der Waals surface area (Å²) in [5, 5.41) is 0.599. The summed E-state index contributed by atoms with van der Waals surface area (Å²) in [6, 6.07) is 0. The molecule has 1 heteroatoms. The van der Waals surface area contributed by atoms with E-state index in [2.05, 4.69) is 26.5 Å². The summed E-state index contributed by atoms with van der Waals surface area (Å²) in [6.45, 7) is 4.40. The summed E-state index contributed by atoms with van der Waals surface area (Å²) in [7, 11) is 0. The Bertz CT molecular complexity index is 50.5. The molecule has 0 saturated heterocycles. The van der Waals surface area contributed by atoms with Crippen LogP contribution in [0, 0.1) is 0 Å². The van der Waals surface area contributed by atoms with Crippen molar-refractivity contribution >= 4 is 12.6 Å². The number of hydrogen-bond donors (Lipinski definition) is 1. The van der Waals surface area contributed by atoms with Gasteiger partial charge < -0.3 is 0 Å². The molecule has 0 saturated carbocycles. The number of thiol groups is 1. The van der Waals surface area contributed by atoms with Crippen molar-refractivity contribution in [3.63, 3.8) is 0 Å². The summed E-state index contributed by atoms with van der Waals surface area (Å²) in [5.74, 6) is 0. The molecule has 0 bridgehead atoms. The van der Waals surface area contributed by atoms with Crippen LogP contribution in [-0.4, -0.2) is 5.25 Å². The molecule has 0 aromatic heterocycles. The zero-order chi connectivity index (χ0) is 7.11. The fraction of sp³-hybridized carbons (Fsp3) is 1.00. The molecule has 0 nitrogen and oxygen atoms in total. The van der Waals surface area contributed by atoms with Crippen LogP contribution in [0.2, 0.25) is 0 Å². The molecule has 0 aliphatic rings. The molecule has 0 amide bonds. The third-order valence-electron chi connectivity index (χ3n) is 1.48. The van der Waals surface area contributed by atoms with Crippen LogP contribution in [0.1, 0.15) is 46.0 Å². The van der Waals surface area contributed by atoms with Crippen LogP contribution in [0.5, 0.6) is 0 Å². The normalized spacial score (nSPS) is 13.7. The fourth-order valence-corrected chi connectivity index (χ4v) is 1.05. The Morgan fingerprint density at radius 2 is 1.89 bits per heavy atom. The highest BCUT2D eigenvalue weighted by Gasteiger charge is 1.92. The van der Waals surface area contributed by atoms with Gasteiger partial charge in [-0.15, -0.1) is 0 Å². The molecular formula is C8H18S. The quantitative estimate of drug-likeness (QED) is 0.446. The van der Waals surface area contributed by atoms with Gasteiger partial charge >= 0.3 is 0 Å². The Morgan fingerprint density at radius 3 is 2.33 bits per heavy atom. The Balaban J connectivity index is 2.75. The lowest BCUT2D eigenvalue weighted by Crippen LogP contribution is -1.89. The Labute approximate surface area is 64.4 Å². The minimum atomic E-state index is 0.599. The lowest BCUT2D eigenvalue weighted by atomic mass is 10.1. The van der Waals surface area contributed by atoms with Crippen LogP contribution in [0.15, 0.2) is 0 Å². The molecule has 0 radical (unpaired) electrons. The van der Waals surface area contributed by atoms with E-state index in [9.17, 15) is 0 Å². The third-order valence-corrected chi connectivity index (χ3v) is 1.73. The van der Waals surface area contributed by atoms with Crippen LogP contribution in [0.3, 0.4) is 0 Å². The zero-order valence-electron chi connectivity index (χ0n) is 6.56. The Morgan fingerprint density at radius 1 is 1.22 bits per heavy atom. The first kappa shape index (κ1) is 9.35. The summed E-state index contributed by atoms with van der Waals surface area (Å²) >= 11 is 4.30. The van der Waals surface area contributed by atoms with E-state index in [1.165, 1.54) is 32.1 Å². The number of hydrogen-bond acceptors (Lipinski definition) is 1. The van der Waals surface area contributed by atoms with Crippen molar-refractivity contribution in [2.24, 2.45) is 0 Å². The van der Waals surface area contributed by atoms with E-state index in [1.807, 2.05) is 0 Å². The lowest BCUT2D eigenvalue weighted by Gasteiger charge is -2.01. The lowest BCUT2D eigenvalue weighted by molar-refractivity contribution is 0.632. The predicted octanol–water partition coefficient (Wildman–Crippen LogP) is 3.28. The topological polar surface area (TPSA) is 0 Å². The predicted molar refractivity (Wildman–Crippen MR) is 47.2 cm³/mol. The first-order valence-corrected chi connectivity index (χ1v) is 4.47. The van der Waals surface area contributed by atoms with Gasteiger partial charge in [0.15, 0.2) is 0 Å². The maximum Gasteiger partial charge on any atom is -0.00116 e. The van der Waals surface area contributed by atoms with Crippen molar-refractivity contribution in [2.45, 2.75) is 51.2 Å². The van der Waals surface area contributed by atoms with Gasteiger partial charge in [-0.25, -0.2) is 0 Å². The van der Waals surface area contributed by atoms with Crippen LogP contribution < -0.4 is 0 Å². The van der Waals surface area contributed by atoms with E-state index in [0.717, 1.165) is 0 Å². The van der Waals surface area contributed by atoms with Crippen LogP contribution in [-0.2, 0) is 0 Å². The van der Waals surface area contributed by atoms with E-state index >= 15 is 0 Å². The second-order valence-corrected chi connectivity index (χ2v) is 3.58. The van der Waals surface area contributed by atoms with Gasteiger partial charge in [-0.1, -0.05) is 39.5 Å². The Hall–Kier alpha value is 0.350. The summed E-state index contributed by atoms with van der Waals surface area (Å²) in [4.78, 5) is 0. The highest BCUT2D eigenvalue weighted by Crippen LogP contribution is 2.08. The summed E-state index contributed by atoms with van der Waals surface area (Å²) < 4.78 is 0. The molecule has 1 atom stereocenters. The maximum absolute atomic E-state index is 4.30. The van der Waals surface area contributed by atoms with Crippen LogP contribution in [0.4, 0.5) is 0 Å². The minimum absolute atomic E-state index is 0.599. The molecule has 0 aliphatic carbocycles. The van der Waals surface area contributed by atoms with Gasteiger partial charge in [0.25, 0.3) is 0 Å². The first-order chi connectivity index (χ1) is 4.27. The average molecular weight is 146 g/mol. The molecule has 0 aromatic carbocycles. The molecule has 0 fully saturated rings. The van der Waals surface area contributed by atoms with Crippen molar-refractivity contribution in [3.05, 3.63) is 0 Å². The van der Waals surface area contributed by atoms with Gasteiger partial charge in [-0.2, -0.15) is 12.6 Å². The van der Waals surface area contributed by atoms with Crippen molar-refractivity contribution in [3.8, 4) is 0 Å². The molecule has 0 spiro atoms. The van der Waals surface area contributed by atoms with Crippen LogP contribution in [0.25, 0.3) is 0 Å². The molecule has 0 N–H and O–H groups in total. The van der Waals surface area contributed by atoms with Crippen LogP contribution >= 0.6 is 12.6 Å². The van der Waals surface area contributed by atoms with Gasteiger partial charge in [-0.3, -0.25) is 0 Å². The zero-order valence-corrected chi connectivity index (χ0v) is 7.45. The maximum atomic E-state index is 4.30. The van der Waals surface area contributed by atoms with Crippen molar-refractivity contribution in [1.82, 2.24) is 0 Å². The van der Waals surface area contributed by atoms with Gasteiger partial charge in [-0.05, 0) is 11.7 Å². The fourth-order valence-electron chi connectivity index (χ4n) is 0.867. The average Bonchev–Trinajstić information content (AvgIpc) is 1.80. The van der Waals surface area contributed by atoms with E-state index in [0.29, 0.717) is 5.25 Å². The smallest absolute Gasteiger partial charge is 0.00116 e. The molecule has 9 heavy (non-hydrogen) atoms. The monoisotopic (exact) mass is 146 g/mol. The third kappa shape index (κ3) is 8.35. The van der Waals surface area contributed by atoms with E-state index in [4.69, 9.17) is 0 Å². The molecule has 0 aliphatic heterocycles. The molecule has 0 heterocycles. The van der Waals surface area contributed by atoms with E-state index in [-0.39, 0.29) is 0 Å². The van der Waals surface area contributed by atoms with Crippen molar-refractivity contribution in [1.29, 1.82) is 0 Å². The van der Waals surface area contributed by atoms with Gasteiger partial charge in [0.1, 0.15) is 0 Å². The highest BCUT2D eigenvalue weighted by atomic mass is 32.1. The van der Waals surface area contributed by atoms with Gasteiger partial charge in [0, 0.05) is 0 Å². The second kappa shape index (κ2) is 6.47. The molecule has 56 valence electrons.